The van der Waals surface area contributed by atoms with Gasteiger partial charge in [0.2, 0.25) is 0 Å². The molecule has 2 aromatic heterocycles. The molecule has 0 spiro atoms. The van der Waals surface area contributed by atoms with Crippen LogP contribution in [-0.4, -0.2) is 0 Å². The number of halogens is 1. The van der Waals surface area contributed by atoms with Crippen LogP contribution < -0.4 is 10.4 Å². The van der Waals surface area contributed by atoms with Crippen LogP contribution in [0.2, 0.25) is 0 Å². The highest BCUT2D eigenvalue weighted by atomic mass is 19.1. The van der Waals surface area contributed by atoms with Crippen LogP contribution in [0.4, 0.5) is 4.39 Å². The number of benzene rings is 2. The molecular formula is C19H13FO4. The Kier molecular flexibility index (Phi) is 3.34. The summed E-state index contributed by atoms with van der Waals surface area (Å²) in [6, 6.07) is 12.9. The van der Waals surface area contributed by atoms with E-state index >= 15 is 0 Å². The van der Waals surface area contributed by atoms with Gasteiger partial charge in [-0.3, -0.25) is 0 Å². The summed E-state index contributed by atoms with van der Waals surface area (Å²) < 4.78 is 29.7. The van der Waals surface area contributed by atoms with Gasteiger partial charge in [0.05, 0.1) is 0 Å². The molecule has 2 heterocycles. The van der Waals surface area contributed by atoms with E-state index in [1.165, 1.54) is 18.2 Å². The second-order valence-electron chi connectivity index (χ2n) is 5.59. The van der Waals surface area contributed by atoms with Crippen molar-refractivity contribution in [2.45, 2.75) is 13.5 Å². The molecule has 2 aromatic carbocycles. The van der Waals surface area contributed by atoms with Gasteiger partial charge in [-0.1, -0.05) is 0 Å². The molecule has 0 radical (unpaired) electrons. The van der Waals surface area contributed by atoms with Crippen molar-refractivity contribution in [2.24, 2.45) is 0 Å². The monoisotopic (exact) mass is 324 g/mol. The number of furan rings is 1. The SMILES string of the molecule is Cc1cc(=O)oc2cc(OCc3cc4cc(F)ccc4o3)ccc12. The zero-order valence-electron chi connectivity index (χ0n) is 12.8. The molecule has 120 valence electrons. The highest BCUT2D eigenvalue weighted by Crippen LogP contribution is 2.25. The number of hydrogen-bond acceptors (Lipinski definition) is 4. The summed E-state index contributed by atoms with van der Waals surface area (Å²) >= 11 is 0. The molecule has 0 fully saturated rings. The number of aryl methyl sites for hydroxylation is 1. The third-order valence-electron chi connectivity index (χ3n) is 3.83. The summed E-state index contributed by atoms with van der Waals surface area (Å²) in [4.78, 5) is 11.5. The first kappa shape index (κ1) is 14.5. The smallest absolute Gasteiger partial charge is 0.336 e. The zero-order chi connectivity index (χ0) is 16.7. The number of ether oxygens (including phenoxy) is 1. The van der Waals surface area contributed by atoms with Crippen molar-refractivity contribution in [1.29, 1.82) is 0 Å². The fraction of sp³-hybridized carbons (Fsp3) is 0.105. The van der Waals surface area contributed by atoms with Crippen molar-refractivity contribution in [3.8, 4) is 5.75 Å². The molecule has 0 aliphatic heterocycles. The first-order valence-electron chi connectivity index (χ1n) is 7.44. The van der Waals surface area contributed by atoms with E-state index in [1.54, 1.807) is 24.3 Å². The zero-order valence-corrected chi connectivity index (χ0v) is 12.8. The molecule has 0 saturated carbocycles. The largest absolute Gasteiger partial charge is 0.486 e. The molecule has 0 aliphatic rings. The Bertz CT molecular complexity index is 1110. The topological polar surface area (TPSA) is 52.6 Å². The van der Waals surface area contributed by atoms with Gasteiger partial charge in [0.15, 0.2) is 0 Å². The average molecular weight is 324 g/mol. The van der Waals surface area contributed by atoms with Crippen molar-refractivity contribution in [1.82, 2.24) is 0 Å². The summed E-state index contributed by atoms with van der Waals surface area (Å²) in [6.45, 7) is 2.05. The Labute approximate surface area is 136 Å². The van der Waals surface area contributed by atoms with Crippen molar-refractivity contribution in [2.75, 3.05) is 0 Å². The van der Waals surface area contributed by atoms with Gasteiger partial charge in [-0.25, -0.2) is 9.18 Å². The predicted octanol–water partition coefficient (Wildman–Crippen LogP) is 4.57. The molecule has 4 rings (SSSR count). The van der Waals surface area contributed by atoms with Gasteiger partial charge in [0.25, 0.3) is 0 Å². The molecule has 5 heteroatoms. The van der Waals surface area contributed by atoms with Gasteiger partial charge >= 0.3 is 5.63 Å². The summed E-state index contributed by atoms with van der Waals surface area (Å²) in [5, 5.41) is 1.55. The van der Waals surface area contributed by atoms with E-state index in [-0.39, 0.29) is 12.4 Å². The maximum Gasteiger partial charge on any atom is 0.336 e. The van der Waals surface area contributed by atoms with Crippen molar-refractivity contribution >= 4 is 21.9 Å². The molecule has 0 aliphatic carbocycles. The van der Waals surface area contributed by atoms with E-state index in [9.17, 15) is 9.18 Å². The fourth-order valence-corrected chi connectivity index (χ4v) is 2.69. The highest BCUT2D eigenvalue weighted by Gasteiger charge is 2.07. The Balaban J connectivity index is 1.60. The van der Waals surface area contributed by atoms with Gasteiger partial charge in [0.1, 0.15) is 35.1 Å². The van der Waals surface area contributed by atoms with Crippen LogP contribution in [0.15, 0.2) is 62.2 Å². The van der Waals surface area contributed by atoms with Gasteiger partial charge < -0.3 is 13.6 Å². The summed E-state index contributed by atoms with van der Waals surface area (Å²) in [6.07, 6.45) is 0. The molecule has 4 nitrogen and oxygen atoms in total. The average Bonchev–Trinajstić information content (AvgIpc) is 2.94. The first-order valence-corrected chi connectivity index (χ1v) is 7.44. The van der Waals surface area contributed by atoms with Gasteiger partial charge in [-0.05, 0) is 48.9 Å². The summed E-state index contributed by atoms with van der Waals surface area (Å²) in [5.41, 5.74) is 1.54. The van der Waals surface area contributed by atoms with Crippen molar-refractivity contribution in [3.05, 3.63) is 76.1 Å². The minimum atomic E-state index is -0.392. The van der Waals surface area contributed by atoms with Gasteiger partial charge in [0, 0.05) is 22.9 Å². The summed E-state index contributed by atoms with van der Waals surface area (Å²) in [7, 11) is 0. The van der Waals surface area contributed by atoms with Gasteiger partial charge in [-0.15, -0.1) is 0 Å². The van der Waals surface area contributed by atoms with E-state index in [0.717, 1.165) is 10.9 Å². The third-order valence-corrected chi connectivity index (χ3v) is 3.83. The minimum Gasteiger partial charge on any atom is -0.486 e. The van der Waals surface area contributed by atoms with Crippen LogP contribution in [0.5, 0.6) is 5.75 Å². The molecule has 0 amide bonds. The molecule has 24 heavy (non-hydrogen) atoms. The molecule has 0 N–H and O–H groups in total. The maximum atomic E-state index is 13.2. The Morgan fingerprint density at radius 3 is 2.75 bits per heavy atom. The van der Waals surface area contributed by atoms with Crippen LogP contribution in [-0.2, 0) is 6.61 Å². The van der Waals surface area contributed by atoms with Gasteiger partial charge in [-0.2, -0.15) is 0 Å². The summed E-state index contributed by atoms with van der Waals surface area (Å²) in [5.74, 6) is 0.833. The van der Waals surface area contributed by atoms with Crippen LogP contribution in [0.1, 0.15) is 11.3 Å². The van der Waals surface area contributed by atoms with Crippen LogP contribution in [0.3, 0.4) is 0 Å². The van der Waals surface area contributed by atoms with E-state index in [4.69, 9.17) is 13.6 Å². The maximum absolute atomic E-state index is 13.2. The number of hydrogen-bond donors (Lipinski definition) is 0. The quantitative estimate of drug-likeness (QED) is 0.518. The second-order valence-corrected chi connectivity index (χ2v) is 5.59. The molecule has 0 saturated heterocycles. The van der Waals surface area contributed by atoms with E-state index in [1.807, 2.05) is 13.0 Å². The molecular weight excluding hydrogens is 311 g/mol. The molecule has 0 atom stereocenters. The Hall–Kier alpha value is -3.08. The Morgan fingerprint density at radius 1 is 1.00 bits per heavy atom. The van der Waals surface area contributed by atoms with Crippen molar-refractivity contribution < 1.29 is 18.0 Å². The lowest BCUT2D eigenvalue weighted by Crippen LogP contribution is -1.98. The van der Waals surface area contributed by atoms with Crippen LogP contribution in [0.25, 0.3) is 21.9 Å². The molecule has 4 aromatic rings. The number of fused-ring (bicyclic) bond motifs is 2. The lowest BCUT2D eigenvalue weighted by molar-refractivity contribution is 0.274. The number of rotatable bonds is 3. The Morgan fingerprint density at radius 2 is 1.88 bits per heavy atom. The van der Waals surface area contributed by atoms with E-state index < -0.39 is 5.63 Å². The van der Waals surface area contributed by atoms with E-state index in [2.05, 4.69) is 0 Å². The lowest BCUT2D eigenvalue weighted by atomic mass is 10.1. The van der Waals surface area contributed by atoms with E-state index in [0.29, 0.717) is 28.1 Å². The first-order chi connectivity index (χ1) is 11.6. The standard InChI is InChI=1S/C19H13FO4/c1-11-6-19(21)24-18-9-14(3-4-16(11)18)22-10-15-8-12-7-13(20)2-5-17(12)23-15/h2-9H,10H2,1H3. The minimum absolute atomic E-state index is 0.192. The molecule has 0 unspecified atom stereocenters. The third kappa shape index (κ3) is 2.65. The highest BCUT2D eigenvalue weighted by molar-refractivity contribution is 5.81. The molecule has 0 bridgehead atoms. The fourth-order valence-electron chi connectivity index (χ4n) is 2.69. The normalized spacial score (nSPS) is 11.2. The lowest BCUT2D eigenvalue weighted by Gasteiger charge is -2.06. The second kappa shape index (κ2) is 5.53. The van der Waals surface area contributed by atoms with Crippen molar-refractivity contribution in [3.63, 3.8) is 0 Å². The van der Waals surface area contributed by atoms with Crippen LogP contribution >= 0.6 is 0 Å². The predicted molar refractivity (Wildman–Crippen MR) is 87.7 cm³/mol. The van der Waals surface area contributed by atoms with Crippen LogP contribution in [0, 0.1) is 12.7 Å².